The molecule has 0 saturated carbocycles. The van der Waals surface area contributed by atoms with E-state index in [0.29, 0.717) is 17.0 Å². The number of amides is 2. The van der Waals surface area contributed by atoms with Gasteiger partial charge in [-0.05, 0) is 29.8 Å². The van der Waals surface area contributed by atoms with Crippen molar-refractivity contribution in [3.05, 3.63) is 53.7 Å². The third-order valence-corrected chi connectivity index (χ3v) is 3.27. The fourth-order valence-corrected chi connectivity index (χ4v) is 2.04. The summed E-state index contributed by atoms with van der Waals surface area (Å²) in [6.07, 6.45) is 0.539. The summed E-state index contributed by atoms with van der Waals surface area (Å²) in [6, 6.07) is 7.62. The number of hydrogen-bond acceptors (Lipinski definition) is 4. The van der Waals surface area contributed by atoms with Crippen molar-refractivity contribution in [2.75, 3.05) is 25.5 Å². The van der Waals surface area contributed by atoms with Crippen LogP contribution in [0, 0.1) is 5.82 Å². The molecule has 1 aromatic heterocycles. The maximum absolute atomic E-state index is 13.8. The Kier molecular flexibility index (Phi) is 5.59. The van der Waals surface area contributed by atoms with Crippen molar-refractivity contribution in [3.63, 3.8) is 0 Å². The van der Waals surface area contributed by atoms with Crippen LogP contribution in [0.5, 0.6) is 0 Å². The summed E-state index contributed by atoms with van der Waals surface area (Å²) in [7, 11) is 3.52. The molecule has 0 radical (unpaired) electrons. The lowest BCUT2D eigenvalue weighted by atomic mass is 10.2. The number of anilines is 1. The number of urea groups is 1. The molecule has 2 amide bonds. The Morgan fingerprint density at radius 3 is 2.74 bits per heavy atom. The molecule has 0 aliphatic carbocycles. The Balaban J connectivity index is 1.79. The molecule has 1 unspecified atom stereocenters. The molecule has 0 fully saturated rings. The van der Waals surface area contributed by atoms with E-state index in [4.69, 9.17) is 4.42 Å². The highest BCUT2D eigenvalue weighted by molar-refractivity contribution is 5.73. The largest absolute Gasteiger partial charge is 0.467 e. The SMILES string of the molecule is CN(C)c1ccc(CNC(=O)NCC(O)c2ccco2)cc1F. The highest BCUT2D eigenvalue weighted by Gasteiger charge is 2.12. The zero-order valence-electron chi connectivity index (χ0n) is 13.0. The Hall–Kier alpha value is -2.54. The van der Waals surface area contributed by atoms with Gasteiger partial charge in [-0.2, -0.15) is 0 Å². The van der Waals surface area contributed by atoms with Gasteiger partial charge in [0.1, 0.15) is 17.7 Å². The number of rotatable bonds is 6. The van der Waals surface area contributed by atoms with Crippen LogP contribution in [0.2, 0.25) is 0 Å². The van der Waals surface area contributed by atoms with E-state index in [1.54, 1.807) is 43.3 Å². The van der Waals surface area contributed by atoms with E-state index in [0.717, 1.165) is 0 Å². The Morgan fingerprint density at radius 2 is 2.13 bits per heavy atom. The number of nitrogens with one attached hydrogen (secondary N) is 2. The highest BCUT2D eigenvalue weighted by Crippen LogP contribution is 2.18. The topological polar surface area (TPSA) is 77.7 Å². The second kappa shape index (κ2) is 7.64. The maximum Gasteiger partial charge on any atom is 0.315 e. The summed E-state index contributed by atoms with van der Waals surface area (Å²) in [6.45, 7) is 0.209. The number of carbonyl (C=O) groups is 1. The summed E-state index contributed by atoms with van der Waals surface area (Å²) < 4.78 is 18.9. The number of halogens is 1. The van der Waals surface area contributed by atoms with Crippen molar-refractivity contribution in [3.8, 4) is 0 Å². The smallest absolute Gasteiger partial charge is 0.315 e. The van der Waals surface area contributed by atoms with Crippen LogP contribution in [-0.4, -0.2) is 31.8 Å². The van der Waals surface area contributed by atoms with Crippen LogP contribution in [0.1, 0.15) is 17.4 Å². The van der Waals surface area contributed by atoms with E-state index >= 15 is 0 Å². The molecule has 7 heteroatoms. The van der Waals surface area contributed by atoms with Gasteiger partial charge in [-0.1, -0.05) is 6.07 Å². The molecule has 2 aromatic rings. The average Bonchev–Trinajstić information content (AvgIpc) is 3.04. The van der Waals surface area contributed by atoms with Gasteiger partial charge in [0.05, 0.1) is 18.5 Å². The summed E-state index contributed by atoms with van der Waals surface area (Å²) in [5.41, 5.74) is 1.13. The van der Waals surface area contributed by atoms with E-state index < -0.39 is 12.1 Å². The second-order valence-electron chi connectivity index (χ2n) is 5.27. The van der Waals surface area contributed by atoms with E-state index in [1.165, 1.54) is 12.3 Å². The normalized spacial score (nSPS) is 11.8. The zero-order chi connectivity index (χ0) is 16.8. The maximum atomic E-state index is 13.8. The number of aliphatic hydroxyl groups is 1. The quantitative estimate of drug-likeness (QED) is 0.761. The molecule has 1 heterocycles. The van der Waals surface area contributed by atoms with Crippen molar-refractivity contribution < 1.29 is 18.7 Å². The minimum atomic E-state index is -0.910. The second-order valence-corrected chi connectivity index (χ2v) is 5.27. The van der Waals surface area contributed by atoms with Crippen molar-refractivity contribution in [1.82, 2.24) is 10.6 Å². The van der Waals surface area contributed by atoms with E-state index in [9.17, 15) is 14.3 Å². The first-order valence-corrected chi connectivity index (χ1v) is 7.16. The van der Waals surface area contributed by atoms with E-state index in [2.05, 4.69) is 10.6 Å². The fourth-order valence-electron chi connectivity index (χ4n) is 2.04. The first-order valence-electron chi connectivity index (χ1n) is 7.16. The molecule has 2 rings (SSSR count). The first-order chi connectivity index (χ1) is 11.0. The molecule has 0 spiro atoms. The third-order valence-electron chi connectivity index (χ3n) is 3.27. The number of aliphatic hydroxyl groups excluding tert-OH is 1. The highest BCUT2D eigenvalue weighted by atomic mass is 19.1. The molecular formula is C16H20FN3O3. The monoisotopic (exact) mass is 321 g/mol. The van der Waals surface area contributed by atoms with Crippen LogP contribution in [0.3, 0.4) is 0 Å². The summed E-state index contributed by atoms with van der Waals surface area (Å²) in [4.78, 5) is 13.4. The number of benzene rings is 1. The summed E-state index contributed by atoms with van der Waals surface area (Å²) in [5, 5.41) is 14.9. The van der Waals surface area contributed by atoms with Crippen molar-refractivity contribution in [1.29, 1.82) is 0 Å². The average molecular weight is 321 g/mol. The molecule has 124 valence electrons. The minimum Gasteiger partial charge on any atom is -0.467 e. The van der Waals surface area contributed by atoms with Crippen molar-refractivity contribution >= 4 is 11.7 Å². The number of furan rings is 1. The number of nitrogens with zero attached hydrogens (tertiary/aromatic N) is 1. The molecule has 6 nitrogen and oxygen atoms in total. The molecule has 1 atom stereocenters. The molecule has 1 aromatic carbocycles. The van der Waals surface area contributed by atoms with Gasteiger partial charge in [0.15, 0.2) is 0 Å². The lowest BCUT2D eigenvalue weighted by molar-refractivity contribution is 0.148. The molecular weight excluding hydrogens is 301 g/mol. The predicted molar refractivity (Wildman–Crippen MR) is 84.6 cm³/mol. The van der Waals surface area contributed by atoms with Crippen molar-refractivity contribution in [2.24, 2.45) is 0 Å². The predicted octanol–water partition coefficient (Wildman–Crippen LogP) is 2.02. The Morgan fingerprint density at radius 1 is 1.35 bits per heavy atom. The van der Waals surface area contributed by atoms with Crippen LogP contribution >= 0.6 is 0 Å². The van der Waals surface area contributed by atoms with Crippen LogP contribution in [0.4, 0.5) is 14.9 Å². The molecule has 0 aliphatic heterocycles. The molecule has 23 heavy (non-hydrogen) atoms. The van der Waals surface area contributed by atoms with Gasteiger partial charge in [0.2, 0.25) is 0 Å². The van der Waals surface area contributed by atoms with Crippen LogP contribution < -0.4 is 15.5 Å². The molecule has 0 bridgehead atoms. The lowest BCUT2D eigenvalue weighted by Crippen LogP contribution is -2.37. The summed E-state index contributed by atoms with van der Waals surface area (Å²) >= 11 is 0. The van der Waals surface area contributed by atoms with Gasteiger partial charge < -0.3 is 25.1 Å². The van der Waals surface area contributed by atoms with E-state index in [-0.39, 0.29) is 18.9 Å². The summed E-state index contributed by atoms with van der Waals surface area (Å²) in [5.74, 6) is 0.0367. The Bertz CT molecular complexity index is 644. The van der Waals surface area contributed by atoms with Crippen LogP contribution in [-0.2, 0) is 6.54 Å². The standard InChI is InChI=1S/C16H20FN3O3/c1-20(2)13-6-5-11(8-12(13)17)9-18-16(22)19-10-14(21)15-4-3-7-23-15/h3-8,14,21H,9-10H2,1-2H3,(H2,18,19,22). The fraction of sp³-hybridized carbons (Fsp3) is 0.312. The van der Waals surface area contributed by atoms with Gasteiger partial charge >= 0.3 is 6.03 Å². The number of carbonyl (C=O) groups excluding carboxylic acids is 1. The van der Waals surface area contributed by atoms with Crippen LogP contribution in [0.15, 0.2) is 41.0 Å². The van der Waals surface area contributed by atoms with Crippen LogP contribution in [0.25, 0.3) is 0 Å². The zero-order valence-corrected chi connectivity index (χ0v) is 13.0. The molecule has 0 aliphatic rings. The Labute approximate surface area is 133 Å². The van der Waals surface area contributed by atoms with Gasteiger partial charge in [-0.15, -0.1) is 0 Å². The van der Waals surface area contributed by atoms with Gasteiger partial charge in [0.25, 0.3) is 0 Å². The van der Waals surface area contributed by atoms with Gasteiger partial charge in [-0.3, -0.25) is 0 Å². The third kappa shape index (κ3) is 4.72. The minimum absolute atomic E-state index is 0.0211. The lowest BCUT2D eigenvalue weighted by Gasteiger charge is -2.14. The molecule has 3 N–H and O–H groups in total. The van der Waals surface area contributed by atoms with E-state index in [1.807, 2.05) is 0 Å². The molecule has 0 saturated heterocycles. The van der Waals surface area contributed by atoms with Gasteiger partial charge in [0, 0.05) is 20.6 Å². The van der Waals surface area contributed by atoms with Gasteiger partial charge in [-0.25, -0.2) is 9.18 Å². The first kappa shape index (κ1) is 16.8. The van der Waals surface area contributed by atoms with Crippen molar-refractivity contribution in [2.45, 2.75) is 12.6 Å². The number of hydrogen-bond donors (Lipinski definition) is 3.